The standard InChI is InChI=1S/C21H27NO4SSi/c1-6-10-25-21(24)19-17-13-9-11-27-15(13)8-7-14(17)18-16(20(23)22(18)19)12(2)26-28(3,4)5/h6,9,11-12,14,16,18H,1,7-8,10H2,2-5H3/t12-,14+,16-,18-/m1/s1. The first-order valence-corrected chi connectivity index (χ1v) is 14.1. The van der Waals surface area contributed by atoms with Gasteiger partial charge < -0.3 is 14.1 Å². The molecular formula is C21H27NO4SSi. The van der Waals surface area contributed by atoms with Crippen molar-refractivity contribution in [3.05, 3.63) is 40.2 Å². The molecule has 1 aromatic rings. The fraction of sp³-hybridized carbons (Fsp3) is 0.524. The van der Waals surface area contributed by atoms with Crippen molar-refractivity contribution in [3.8, 4) is 0 Å². The number of fused-ring (bicyclic) bond motifs is 5. The molecule has 1 aliphatic carbocycles. The fourth-order valence-electron chi connectivity index (χ4n) is 4.92. The zero-order chi connectivity index (χ0) is 20.2. The van der Waals surface area contributed by atoms with Gasteiger partial charge in [0.1, 0.15) is 12.3 Å². The topological polar surface area (TPSA) is 55.8 Å². The van der Waals surface area contributed by atoms with E-state index < -0.39 is 14.3 Å². The molecule has 5 nitrogen and oxygen atoms in total. The lowest BCUT2D eigenvalue weighted by Crippen LogP contribution is -2.65. The molecule has 4 rings (SSSR count). The first-order valence-electron chi connectivity index (χ1n) is 9.84. The molecule has 0 N–H and O–H groups in total. The molecular weight excluding hydrogens is 390 g/mol. The molecule has 1 aromatic heterocycles. The summed E-state index contributed by atoms with van der Waals surface area (Å²) >= 11 is 1.72. The number of hydrogen-bond acceptors (Lipinski definition) is 5. The van der Waals surface area contributed by atoms with Crippen molar-refractivity contribution in [2.75, 3.05) is 6.61 Å². The Bertz CT molecular complexity index is 868. The highest BCUT2D eigenvalue weighted by atomic mass is 32.1. The van der Waals surface area contributed by atoms with Gasteiger partial charge in [0.15, 0.2) is 8.32 Å². The van der Waals surface area contributed by atoms with E-state index in [1.54, 1.807) is 22.3 Å². The zero-order valence-corrected chi connectivity index (χ0v) is 18.7. The van der Waals surface area contributed by atoms with Crippen molar-refractivity contribution in [1.29, 1.82) is 0 Å². The molecule has 2 aliphatic heterocycles. The summed E-state index contributed by atoms with van der Waals surface area (Å²) in [6.07, 6.45) is 3.35. The number of aryl methyl sites for hydroxylation is 1. The number of hydrogen-bond donors (Lipinski definition) is 0. The molecule has 3 aliphatic rings. The Hall–Kier alpha value is -1.70. The van der Waals surface area contributed by atoms with Crippen molar-refractivity contribution in [1.82, 2.24) is 4.90 Å². The van der Waals surface area contributed by atoms with Crippen LogP contribution in [0.1, 0.15) is 23.8 Å². The first-order chi connectivity index (χ1) is 13.2. The number of rotatable bonds is 6. The van der Waals surface area contributed by atoms with Crippen molar-refractivity contribution >= 4 is 37.1 Å². The van der Waals surface area contributed by atoms with Crippen molar-refractivity contribution in [3.63, 3.8) is 0 Å². The van der Waals surface area contributed by atoms with Crippen LogP contribution in [0.4, 0.5) is 0 Å². The Balaban J connectivity index is 1.72. The molecule has 150 valence electrons. The summed E-state index contributed by atoms with van der Waals surface area (Å²) in [6.45, 7) is 12.2. The second-order valence-electron chi connectivity index (χ2n) is 8.71. The van der Waals surface area contributed by atoms with Crippen LogP contribution < -0.4 is 0 Å². The molecule has 0 unspecified atom stereocenters. The van der Waals surface area contributed by atoms with Crippen LogP contribution in [0.15, 0.2) is 29.8 Å². The lowest BCUT2D eigenvalue weighted by Gasteiger charge is -2.49. The van der Waals surface area contributed by atoms with Gasteiger partial charge in [0, 0.05) is 10.8 Å². The van der Waals surface area contributed by atoms with Gasteiger partial charge in [-0.1, -0.05) is 12.7 Å². The quantitative estimate of drug-likeness (QED) is 0.305. The SMILES string of the molecule is C=CCOC(=O)C1=C2c3ccsc3CC[C@@H]2[C@@H]2[C@@H]([C@@H](C)O[Si](C)(C)C)C(=O)N12. The van der Waals surface area contributed by atoms with Gasteiger partial charge in [0.25, 0.3) is 0 Å². The predicted octanol–water partition coefficient (Wildman–Crippen LogP) is 3.83. The molecule has 1 amide bonds. The van der Waals surface area contributed by atoms with Gasteiger partial charge in [-0.25, -0.2) is 4.79 Å². The molecule has 0 spiro atoms. The number of nitrogens with zero attached hydrogens (tertiary/aromatic N) is 1. The Labute approximate surface area is 171 Å². The second-order valence-corrected chi connectivity index (χ2v) is 14.2. The molecule has 0 radical (unpaired) electrons. The van der Waals surface area contributed by atoms with Gasteiger partial charge in [0.2, 0.25) is 5.91 Å². The van der Waals surface area contributed by atoms with Gasteiger partial charge in [-0.2, -0.15) is 0 Å². The lowest BCUT2D eigenvalue weighted by atomic mass is 9.72. The monoisotopic (exact) mass is 417 g/mol. The summed E-state index contributed by atoms with van der Waals surface area (Å²) in [5, 5.41) is 2.07. The van der Waals surface area contributed by atoms with E-state index in [0.29, 0.717) is 5.70 Å². The number of esters is 1. The summed E-state index contributed by atoms with van der Waals surface area (Å²) < 4.78 is 11.6. The average Bonchev–Trinajstić information content (AvgIpc) is 3.18. The lowest BCUT2D eigenvalue weighted by molar-refractivity contribution is -0.163. The summed E-state index contributed by atoms with van der Waals surface area (Å²) in [4.78, 5) is 29.0. The van der Waals surface area contributed by atoms with E-state index >= 15 is 0 Å². The summed E-state index contributed by atoms with van der Waals surface area (Å²) in [6, 6.07) is 2.07. The van der Waals surface area contributed by atoms with Crippen LogP contribution in [0.25, 0.3) is 5.57 Å². The molecule has 28 heavy (non-hydrogen) atoms. The number of carbonyl (C=O) groups excluding carboxylic acids is 2. The highest BCUT2D eigenvalue weighted by Crippen LogP contribution is 2.55. The summed E-state index contributed by atoms with van der Waals surface area (Å²) in [5.74, 6) is -0.465. The third-order valence-electron chi connectivity index (χ3n) is 5.76. The van der Waals surface area contributed by atoms with Gasteiger partial charge in [-0.05, 0) is 62.0 Å². The van der Waals surface area contributed by atoms with Crippen LogP contribution in [0, 0.1) is 11.8 Å². The van der Waals surface area contributed by atoms with Crippen molar-refractivity contribution in [2.24, 2.45) is 11.8 Å². The third kappa shape index (κ3) is 3.00. The Morgan fingerprint density at radius 3 is 2.89 bits per heavy atom. The minimum atomic E-state index is -1.77. The maximum Gasteiger partial charge on any atom is 0.355 e. The Morgan fingerprint density at radius 1 is 1.46 bits per heavy atom. The molecule has 0 aromatic carbocycles. The van der Waals surface area contributed by atoms with Crippen LogP contribution in [0.5, 0.6) is 0 Å². The third-order valence-corrected chi connectivity index (χ3v) is 7.82. The van der Waals surface area contributed by atoms with E-state index in [9.17, 15) is 9.59 Å². The maximum atomic E-state index is 13.2. The molecule has 3 heterocycles. The number of ether oxygens (including phenoxy) is 1. The van der Waals surface area contributed by atoms with Crippen LogP contribution in [0.2, 0.25) is 19.6 Å². The van der Waals surface area contributed by atoms with E-state index in [0.717, 1.165) is 24.0 Å². The molecule has 4 atom stereocenters. The number of amides is 1. The van der Waals surface area contributed by atoms with E-state index in [1.807, 2.05) is 6.92 Å². The van der Waals surface area contributed by atoms with E-state index in [1.165, 1.54) is 4.88 Å². The van der Waals surface area contributed by atoms with Crippen LogP contribution in [-0.2, 0) is 25.2 Å². The van der Waals surface area contributed by atoms with Gasteiger partial charge in [0.05, 0.1) is 18.1 Å². The van der Waals surface area contributed by atoms with Crippen LogP contribution >= 0.6 is 11.3 Å². The molecule has 0 bridgehead atoms. The fourth-order valence-corrected chi connectivity index (χ4v) is 7.09. The van der Waals surface area contributed by atoms with E-state index in [-0.39, 0.29) is 36.5 Å². The highest BCUT2D eigenvalue weighted by molar-refractivity contribution is 7.10. The molecule has 0 saturated carbocycles. The summed E-state index contributed by atoms with van der Waals surface area (Å²) in [5.41, 5.74) is 2.56. The molecule has 7 heteroatoms. The van der Waals surface area contributed by atoms with E-state index in [2.05, 4.69) is 37.7 Å². The first kappa shape index (κ1) is 19.6. The van der Waals surface area contributed by atoms with Crippen LogP contribution in [0.3, 0.4) is 0 Å². The minimum Gasteiger partial charge on any atom is -0.457 e. The largest absolute Gasteiger partial charge is 0.457 e. The number of carbonyl (C=O) groups is 2. The Kier molecular flexibility index (Phi) is 4.88. The molecule has 1 saturated heterocycles. The van der Waals surface area contributed by atoms with Gasteiger partial charge in [-0.15, -0.1) is 11.3 Å². The average molecular weight is 418 g/mol. The number of thiophene rings is 1. The van der Waals surface area contributed by atoms with Gasteiger partial charge in [-0.3, -0.25) is 4.79 Å². The van der Waals surface area contributed by atoms with Crippen LogP contribution in [-0.4, -0.2) is 43.8 Å². The smallest absolute Gasteiger partial charge is 0.355 e. The predicted molar refractivity (Wildman–Crippen MR) is 112 cm³/mol. The normalized spacial score (nSPS) is 26.9. The zero-order valence-electron chi connectivity index (χ0n) is 16.9. The van der Waals surface area contributed by atoms with Gasteiger partial charge >= 0.3 is 5.97 Å². The van der Waals surface area contributed by atoms with Crippen molar-refractivity contribution in [2.45, 2.75) is 51.6 Å². The second kappa shape index (κ2) is 6.97. The maximum absolute atomic E-state index is 13.2. The van der Waals surface area contributed by atoms with Crippen molar-refractivity contribution < 1.29 is 18.8 Å². The highest BCUT2D eigenvalue weighted by Gasteiger charge is 2.62. The minimum absolute atomic E-state index is 0.00631. The molecule has 1 fully saturated rings. The van der Waals surface area contributed by atoms with E-state index in [4.69, 9.17) is 9.16 Å². The summed E-state index contributed by atoms with van der Waals surface area (Å²) in [7, 11) is -1.77. The number of β-lactam (4-membered cyclic amide) rings is 1. The Morgan fingerprint density at radius 2 is 2.21 bits per heavy atom.